The van der Waals surface area contributed by atoms with Gasteiger partial charge in [-0.1, -0.05) is 6.92 Å². The molecule has 0 saturated heterocycles. The van der Waals surface area contributed by atoms with Crippen LogP contribution in [0.1, 0.15) is 24.2 Å². The van der Waals surface area contributed by atoms with Crippen molar-refractivity contribution in [3.05, 3.63) is 30.1 Å². The molecular formula is C20H29N7O6S. The molecule has 0 unspecified atom stereocenters. The zero-order valence-electron chi connectivity index (χ0n) is 19.4. The van der Waals surface area contributed by atoms with Gasteiger partial charge in [-0.05, 0) is 35.5 Å². The fourth-order valence-electron chi connectivity index (χ4n) is 3.51. The number of aliphatic hydroxyl groups is 1. The third kappa shape index (κ3) is 6.07. The van der Waals surface area contributed by atoms with Crippen LogP contribution in [0.5, 0.6) is 5.75 Å². The van der Waals surface area contributed by atoms with Gasteiger partial charge in [0, 0.05) is 25.2 Å². The number of anilines is 1. The van der Waals surface area contributed by atoms with Gasteiger partial charge in [-0.2, -0.15) is 0 Å². The number of amides is 2. The molecule has 2 heterocycles. The number of carbonyl (C=O) groups excluding carboxylic acids is 2. The predicted molar refractivity (Wildman–Crippen MR) is 122 cm³/mol. The third-order valence-corrected chi connectivity index (χ3v) is 6.93. The van der Waals surface area contributed by atoms with Crippen LogP contribution < -0.4 is 10.1 Å². The van der Waals surface area contributed by atoms with Crippen LogP contribution >= 0.6 is 0 Å². The second kappa shape index (κ2) is 10.4. The summed E-state index contributed by atoms with van der Waals surface area (Å²) in [5.74, 6) is -0.730. The molecule has 0 aliphatic carbocycles. The van der Waals surface area contributed by atoms with E-state index in [-0.39, 0.29) is 49.4 Å². The average Bonchev–Trinajstić information content (AvgIpc) is 3.28. The summed E-state index contributed by atoms with van der Waals surface area (Å²) < 4.78 is 32.5. The van der Waals surface area contributed by atoms with Crippen molar-refractivity contribution in [2.24, 2.45) is 5.92 Å². The van der Waals surface area contributed by atoms with Gasteiger partial charge >= 0.3 is 0 Å². The van der Waals surface area contributed by atoms with Crippen molar-refractivity contribution in [3.8, 4) is 5.75 Å². The molecule has 186 valence electrons. The van der Waals surface area contributed by atoms with E-state index >= 15 is 0 Å². The Morgan fingerprint density at radius 3 is 2.76 bits per heavy atom. The fourth-order valence-corrected chi connectivity index (χ4v) is 3.93. The minimum atomic E-state index is -3.44. The molecule has 0 radical (unpaired) electrons. The van der Waals surface area contributed by atoms with Crippen molar-refractivity contribution >= 4 is 27.5 Å². The Labute approximate surface area is 197 Å². The Morgan fingerprint density at radius 1 is 1.41 bits per heavy atom. The maximum Gasteiger partial charge on any atom is 0.258 e. The first-order chi connectivity index (χ1) is 16.0. The number of nitrogens with one attached hydrogen (secondary N) is 1. The number of hydrogen-bond acceptors (Lipinski definition) is 9. The van der Waals surface area contributed by atoms with Crippen molar-refractivity contribution in [3.63, 3.8) is 0 Å². The van der Waals surface area contributed by atoms with E-state index in [0.29, 0.717) is 5.69 Å². The Balaban J connectivity index is 1.92. The lowest BCUT2D eigenvalue weighted by Crippen LogP contribution is -2.50. The van der Waals surface area contributed by atoms with Gasteiger partial charge in [0.05, 0.1) is 31.0 Å². The number of sulfonamides is 1. The Hall–Kier alpha value is -3.10. The minimum Gasteiger partial charge on any atom is -0.488 e. The summed E-state index contributed by atoms with van der Waals surface area (Å²) in [6.45, 7) is 3.56. The van der Waals surface area contributed by atoms with E-state index in [1.165, 1.54) is 33.3 Å². The SMILES string of the molecule is C[C@@H]1CN([C@@H](C)CO)C(=O)c2cc(NC(=O)Cn3cnnn3)ccc2O[C@@H]1CN(C)S(C)(=O)=O. The molecule has 1 aliphatic rings. The summed E-state index contributed by atoms with van der Waals surface area (Å²) in [5, 5.41) is 23.0. The summed E-state index contributed by atoms with van der Waals surface area (Å²) in [7, 11) is -1.98. The van der Waals surface area contributed by atoms with Gasteiger partial charge in [-0.15, -0.1) is 5.10 Å². The average molecular weight is 496 g/mol. The first-order valence-electron chi connectivity index (χ1n) is 10.6. The maximum atomic E-state index is 13.4. The molecule has 1 aromatic carbocycles. The number of tetrazole rings is 1. The lowest BCUT2D eigenvalue weighted by Gasteiger charge is -2.38. The fraction of sp³-hybridized carbons (Fsp3) is 0.550. The lowest BCUT2D eigenvalue weighted by atomic mass is 9.99. The van der Waals surface area contributed by atoms with Gasteiger partial charge in [0.2, 0.25) is 15.9 Å². The number of aromatic nitrogens is 4. The molecule has 0 spiro atoms. The molecule has 3 atom stereocenters. The van der Waals surface area contributed by atoms with E-state index < -0.39 is 28.1 Å². The third-order valence-electron chi connectivity index (χ3n) is 5.65. The normalized spacial score (nSPS) is 19.7. The molecule has 0 fully saturated rings. The summed E-state index contributed by atoms with van der Waals surface area (Å²) in [6.07, 6.45) is 1.86. The van der Waals surface area contributed by atoms with E-state index in [1.807, 2.05) is 6.92 Å². The molecule has 34 heavy (non-hydrogen) atoms. The molecular weight excluding hydrogens is 466 g/mol. The number of likely N-dealkylation sites (N-methyl/N-ethyl adjacent to an activating group) is 1. The standard InChI is InChI=1S/C20H29N7O6S/c1-13-8-27(14(2)11-28)20(30)16-7-15(22-19(29)10-26-12-21-23-24-26)5-6-17(16)33-18(13)9-25(3)34(4,31)32/h5-7,12-14,18,28H,8-11H2,1-4H3,(H,22,29)/t13-,14+,18-/m1/s1. The number of rotatable bonds is 8. The van der Waals surface area contributed by atoms with Crippen molar-refractivity contribution in [2.45, 2.75) is 32.5 Å². The highest BCUT2D eigenvalue weighted by molar-refractivity contribution is 7.88. The van der Waals surface area contributed by atoms with Gasteiger partial charge < -0.3 is 20.1 Å². The number of nitrogens with zero attached hydrogens (tertiary/aromatic N) is 6. The van der Waals surface area contributed by atoms with Crippen molar-refractivity contribution in [2.75, 3.05) is 38.3 Å². The molecule has 1 aromatic heterocycles. The van der Waals surface area contributed by atoms with Crippen LogP contribution in [0, 0.1) is 5.92 Å². The maximum absolute atomic E-state index is 13.4. The Morgan fingerprint density at radius 2 is 2.15 bits per heavy atom. The quantitative estimate of drug-likeness (QED) is 0.488. The van der Waals surface area contributed by atoms with Crippen molar-refractivity contribution in [1.82, 2.24) is 29.4 Å². The summed E-state index contributed by atoms with van der Waals surface area (Å²) in [4.78, 5) is 27.3. The van der Waals surface area contributed by atoms with Crippen molar-refractivity contribution in [1.29, 1.82) is 0 Å². The lowest BCUT2D eigenvalue weighted by molar-refractivity contribution is -0.116. The number of hydrogen-bond donors (Lipinski definition) is 2. The first kappa shape index (κ1) is 25.5. The van der Waals surface area contributed by atoms with Crippen LogP contribution in [0.3, 0.4) is 0 Å². The number of aliphatic hydroxyl groups excluding tert-OH is 1. The molecule has 2 aromatic rings. The van der Waals surface area contributed by atoms with Gasteiger partial charge in [-0.25, -0.2) is 17.4 Å². The number of fused-ring (bicyclic) bond motifs is 1. The van der Waals surface area contributed by atoms with Crippen LogP contribution in [0.15, 0.2) is 24.5 Å². The summed E-state index contributed by atoms with van der Waals surface area (Å²) in [5.41, 5.74) is 0.559. The van der Waals surface area contributed by atoms with E-state index in [9.17, 15) is 23.1 Å². The number of ether oxygens (including phenoxy) is 1. The molecule has 3 rings (SSSR count). The molecule has 13 nitrogen and oxygen atoms in total. The number of carbonyl (C=O) groups is 2. The van der Waals surface area contributed by atoms with Crippen LogP contribution in [0.2, 0.25) is 0 Å². The van der Waals surface area contributed by atoms with Gasteiger partial charge in [-0.3, -0.25) is 9.59 Å². The largest absolute Gasteiger partial charge is 0.488 e. The monoisotopic (exact) mass is 495 g/mol. The topological polar surface area (TPSA) is 160 Å². The predicted octanol–water partition coefficient (Wildman–Crippen LogP) is -0.577. The van der Waals surface area contributed by atoms with E-state index in [0.717, 1.165) is 6.26 Å². The Bertz CT molecular complexity index is 1120. The summed E-state index contributed by atoms with van der Waals surface area (Å²) in [6, 6.07) is 4.17. The van der Waals surface area contributed by atoms with Crippen LogP contribution in [-0.2, 0) is 21.4 Å². The highest BCUT2D eigenvalue weighted by Gasteiger charge is 2.34. The zero-order valence-corrected chi connectivity index (χ0v) is 20.3. The smallest absolute Gasteiger partial charge is 0.258 e. The van der Waals surface area contributed by atoms with E-state index in [1.54, 1.807) is 19.1 Å². The van der Waals surface area contributed by atoms with Gasteiger partial charge in [0.15, 0.2) is 0 Å². The van der Waals surface area contributed by atoms with Crippen LogP contribution in [-0.4, -0.2) is 99.9 Å². The molecule has 14 heteroatoms. The molecule has 2 amide bonds. The van der Waals surface area contributed by atoms with Gasteiger partial charge in [0.25, 0.3) is 5.91 Å². The number of benzene rings is 1. The van der Waals surface area contributed by atoms with E-state index in [4.69, 9.17) is 4.74 Å². The highest BCUT2D eigenvalue weighted by atomic mass is 32.2. The molecule has 1 aliphatic heterocycles. The van der Waals surface area contributed by atoms with Crippen molar-refractivity contribution < 1.29 is 27.9 Å². The molecule has 0 saturated carbocycles. The minimum absolute atomic E-state index is 0.0827. The van der Waals surface area contributed by atoms with E-state index in [2.05, 4.69) is 20.8 Å². The Kier molecular flexibility index (Phi) is 7.84. The second-order valence-electron chi connectivity index (χ2n) is 8.43. The molecule has 0 bridgehead atoms. The van der Waals surface area contributed by atoms with Crippen LogP contribution in [0.25, 0.3) is 0 Å². The second-order valence-corrected chi connectivity index (χ2v) is 10.5. The van der Waals surface area contributed by atoms with Gasteiger partial charge in [0.1, 0.15) is 24.7 Å². The zero-order chi connectivity index (χ0) is 25.0. The molecule has 2 N–H and O–H groups in total. The first-order valence-corrected chi connectivity index (χ1v) is 12.5. The van der Waals surface area contributed by atoms with Crippen LogP contribution in [0.4, 0.5) is 5.69 Å². The highest BCUT2D eigenvalue weighted by Crippen LogP contribution is 2.30. The summed E-state index contributed by atoms with van der Waals surface area (Å²) >= 11 is 0.